The maximum atomic E-state index is 12.9. The van der Waals surface area contributed by atoms with Crippen molar-refractivity contribution in [3.05, 3.63) is 0 Å². The summed E-state index contributed by atoms with van der Waals surface area (Å²) in [5.74, 6) is -1.46. The van der Waals surface area contributed by atoms with Crippen molar-refractivity contribution in [1.82, 2.24) is 20.9 Å². The molecule has 1 aliphatic rings. The van der Waals surface area contributed by atoms with E-state index in [1.165, 1.54) is 6.92 Å². The molecule has 1 saturated heterocycles. The molecule has 35 heavy (non-hydrogen) atoms. The van der Waals surface area contributed by atoms with Gasteiger partial charge >= 0.3 is 6.09 Å². The van der Waals surface area contributed by atoms with Gasteiger partial charge in [0.2, 0.25) is 17.7 Å². The van der Waals surface area contributed by atoms with E-state index in [4.69, 9.17) is 16.3 Å². The Balaban J connectivity index is 2.65. The standard InChI is InChI=1S/C24H41ClN4O6/c1-14(2)11-18(19(30)13-25)28-21(32)15(3)26-20(31)12-17-9-8-10-29(17)22(33)16(4)27-23(34)35-24(5,6)7/h14-18H,8-13H2,1-7H3,(H,26,31)(H,27,34)(H,28,32). The third-order valence-electron chi connectivity index (χ3n) is 5.50. The smallest absolute Gasteiger partial charge is 0.408 e. The average molecular weight is 517 g/mol. The number of amides is 4. The number of carbonyl (C=O) groups is 5. The molecule has 4 atom stereocenters. The Morgan fingerprint density at radius 2 is 1.63 bits per heavy atom. The highest BCUT2D eigenvalue weighted by molar-refractivity contribution is 6.28. The summed E-state index contributed by atoms with van der Waals surface area (Å²) >= 11 is 5.66. The first-order chi connectivity index (χ1) is 16.1. The van der Waals surface area contributed by atoms with E-state index in [9.17, 15) is 24.0 Å². The zero-order chi connectivity index (χ0) is 26.9. The second-order valence-electron chi connectivity index (χ2n) is 10.5. The molecule has 0 aromatic rings. The molecule has 1 fully saturated rings. The van der Waals surface area contributed by atoms with Gasteiger partial charge in [-0.3, -0.25) is 19.2 Å². The highest BCUT2D eigenvalue weighted by Gasteiger charge is 2.34. The lowest BCUT2D eigenvalue weighted by atomic mass is 10.0. The van der Waals surface area contributed by atoms with Gasteiger partial charge in [-0.15, -0.1) is 11.6 Å². The Labute approximate surface area is 213 Å². The summed E-state index contributed by atoms with van der Waals surface area (Å²) in [6.07, 6.45) is 1.16. The quantitative estimate of drug-likeness (QED) is 0.360. The van der Waals surface area contributed by atoms with E-state index in [2.05, 4.69) is 16.0 Å². The van der Waals surface area contributed by atoms with Crippen LogP contribution in [-0.2, 0) is 23.9 Å². The van der Waals surface area contributed by atoms with Crippen molar-refractivity contribution in [3.8, 4) is 0 Å². The molecular weight excluding hydrogens is 476 g/mol. The highest BCUT2D eigenvalue weighted by Crippen LogP contribution is 2.21. The molecular formula is C24H41ClN4O6. The summed E-state index contributed by atoms with van der Waals surface area (Å²) in [4.78, 5) is 63.7. The zero-order valence-corrected chi connectivity index (χ0v) is 22.7. The molecule has 10 nitrogen and oxygen atoms in total. The van der Waals surface area contributed by atoms with E-state index in [-0.39, 0.29) is 41.9 Å². The van der Waals surface area contributed by atoms with Gasteiger partial charge in [-0.05, 0) is 59.8 Å². The largest absolute Gasteiger partial charge is 0.444 e. The minimum absolute atomic E-state index is 0.0263. The third-order valence-corrected chi connectivity index (χ3v) is 5.76. The summed E-state index contributed by atoms with van der Waals surface area (Å²) in [6.45, 7) is 12.7. The molecule has 1 rings (SSSR count). The Morgan fingerprint density at radius 1 is 1.00 bits per heavy atom. The monoisotopic (exact) mass is 516 g/mol. The molecule has 3 N–H and O–H groups in total. The lowest BCUT2D eigenvalue weighted by Gasteiger charge is -2.28. The van der Waals surface area contributed by atoms with Gasteiger partial charge in [-0.1, -0.05) is 13.8 Å². The first kappa shape index (κ1) is 30.7. The number of halogens is 1. The second kappa shape index (κ2) is 13.7. The van der Waals surface area contributed by atoms with Crippen molar-refractivity contribution in [1.29, 1.82) is 0 Å². The highest BCUT2D eigenvalue weighted by atomic mass is 35.5. The molecule has 1 heterocycles. The van der Waals surface area contributed by atoms with Gasteiger partial charge < -0.3 is 25.6 Å². The van der Waals surface area contributed by atoms with Gasteiger partial charge in [-0.2, -0.15) is 0 Å². The van der Waals surface area contributed by atoms with E-state index in [1.54, 1.807) is 32.6 Å². The van der Waals surface area contributed by atoms with Gasteiger partial charge in [-0.25, -0.2) is 4.79 Å². The number of nitrogens with one attached hydrogen (secondary N) is 3. The Morgan fingerprint density at radius 3 is 2.17 bits per heavy atom. The van der Waals surface area contributed by atoms with Crippen LogP contribution in [0.15, 0.2) is 0 Å². The molecule has 1 aliphatic heterocycles. The van der Waals surface area contributed by atoms with E-state index >= 15 is 0 Å². The van der Waals surface area contributed by atoms with Crippen LogP contribution in [0.4, 0.5) is 4.79 Å². The molecule has 4 amide bonds. The number of hydrogen-bond acceptors (Lipinski definition) is 6. The van der Waals surface area contributed by atoms with Crippen LogP contribution < -0.4 is 16.0 Å². The minimum atomic E-state index is -0.862. The number of likely N-dealkylation sites (tertiary alicyclic amines) is 1. The van der Waals surface area contributed by atoms with Crippen molar-refractivity contribution in [2.75, 3.05) is 12.4 Å². The number of ether oxygens (including phenoxy) is 1. The van der Waals surface area contributed by atoms with Crippen LogP contribution in [0.5, 0.6) is 0 Å². The molecule has 0 aromatic carbocycles. The van der Waals surface area contributed by atoms with Crippen molar-refractivity contribution < 1.29 is 28.7 Å². The molecule has 0 bridgehead atoms. The molecule has 0 radical (unpaired) electrons. The van der Waals surface area contributed by atoms with E-state index < -0.39 is 35.7 Å². The summed E-state index contributed by atoms with van der Waals surface area (Å²) in [5, 5.41) is 7.85. The SMILES string of the molecule is CC(C)CC(NC(=O)C(C)NC(=O)CC1CCCN1C(=O)C(C)NC(=O)OC(C)(C)C)C(=O)CCl. The molecule has 0 aliphatic carbocycles. The fourth-order valence-electron chi connectivity index (χ4n) is 3.84. The summed E-state index contributed by atoms with van der Waals surface area (Å²) in [7, 11) is 0. The van der Waals surface area contributed by atoms with Crippen molar-refractivity contribution >= 4 is 41.2 Å². The van der Waals surface area contributed by atoms with Gasteiger partial charge in [0, 0.05) is 19.0 Å². The molecule has 0 aromatic heterocycles. The van der Waals surface area contributed by atoms with E-state index in [1.807, 2.05) is 13.8 Å². The Kier molecular flexibility index (Phi) is 12.0. The van der Waals surface area contributed by atoms with Crippen LogP contribution in [0, 0.1) is 5.92 Å². The fraction of sp³-hybridized carbons (Fsp3) is 0.792. The van der Waals surface area contributed by atoms with Crippen LogP contribution in [0.3, 0.4) is 0 Å². The number of alkyl carbamates (subject to hydrolysis) is 1. The van der Waals surface area contributed by atoms with Crippen molar-refractivity contribution in [2.45, 2.75) is 104 Å². The number of alkyl halides is 1. The van der Waals surface area contributed by atoms with Crippen molar-refractivity contribution in [3.63, 3.8) is 0 Å². The van der Waals surface area contributed by atoms with E-state index in [0.29, 0.717) is 19.4 Å². The second-order valence-corrected chi connectivity index (χ2v) is 10.7. The van der Waals surface area contributed by atoms with E-state index in [0.717, 1.165) is 6.42 Å². The zero-order valence-electron chi connectivity index (χ0n) is 21.9. The number of hydrogen-bond donors (Lipinski definition) is 3. The van der Waals surface area contributed by atoms with Crippen LogP contribution in [-0.4, -0.2) is 76.7 Å². The maximum absolute atomic E-state index is 12.9. The van der Waals surface area contributed by atoms with Gasteiger partial charge in [0.25, 0.3) is 0 Å². The lowest BCUT2D eigenvalue weighted by Crippen LogP contribution is -2.52. The Bertz CT molecular complexity index is 782. The number of rotatable bonds is 11. The molecule has 4 unspecified atom stereocenters. The summed E-state index contributed by atoms with van der Waals surface area (Å²) in [6, 6.07) is -2.72. The fourth-order valence-corrected chi connectivity index (χ4v) is 4.03. The minimum Gasteiger partial charge on any atom is -0.444 e. The van der Waals surface area contributed by atoms with Gasteiger partial charge in [0.05, 0.1) is 11.9 Å². The van der Waals surface area contributed by atoms with Crippen LogP contribution >= 0.6 is 11.6 Å². The summed E-state index contributed by atoms with van der Waals surface area (Å²) in [5.41, 5.74) is -0.684. The normalized spacial score (nSPS) is 18.4. The maximum Gasteiger partial charge on any atom is 0.408 e. The van der Waals surface area contributed by atoms with Gasteiger partial charge in [0.15, 0.2) is 5.78 Å². The molecule has 0 saturated carbocycles. The van der Waals surface area contributed by atoms with Gasteiger partial charge in [0.1, 0.15) is 17.7 Å². The predicted octanol–water partition coefficient (Wildman–Crippen LogP) is 2.12. The predicted molar refractivity (Wildman–Crippen MR) is 133 cm³/mol. The number of carbonyl (C=O) groups excluding carboxylic acids is 5. The number of Topliss-reactive ketones (excluding diaryl/α,β-unsaturated/α-hetero) is 1. The lowest BCUT2D eigenvalue weighted by molar-refractivity contribution is -0.135. The van der Waals surface area contributed by atoms with Crippen LogP contribution in [0.2, 0.25) is 0 Å². The number of nitrogens with zero attached hydrogens (tertiary/aromatic N) is 1. The summed E-state index contributed by atoms with van der Waals surface area (Å²) < 4.78 is 5.20. The number of ketones is 1. The molecule has 11 heteroatoms. The van der Waals surface area contributed by atoms with Crippen LogP contribution in [0.25, 0.3) is 0 Å². The first-order valence-electron chi connectivity index (χ1n) is 12.1. The topological polar surface area (TPSA) is 134 Å². The first-order valence-corrected chi connectivity index (χ1v) is 12.7. The van der Waals surface area contributed by atoms with Crippen LogP contribution in [0.1, 0.15) is 74.1 Å². The van der Waals surface area contributed by atoms with Crippen molar-refractivity contribution in [2.24, 2.45) is 5.92 Å². The Hall–Kier alpha value is -2.36. The third kappa shape index (κ3) is 10.8. The average Bonchev–Trinajstić information content (AvgIpc) is 3.17. The molecule has 200 valence electrons. The molecule has 0 spiro atoms.